The zero-order valence-corrected chi connectivity index (χ0v) is 18.7. The Kier molecular flexibility index (Phi) is 5.76. The highest BCUT2D eigenvalue weighted by Gasteiger charge is 2.30. The number of benzene rings is 1. The molecule has 0 aliphatic carbocycles. The maximum Gasteiger partial charge on any atom is 0.258 e. The summed E-state index contributed by atoms with van der Waals surface area (Å²) in [5.74, 6) is 2.14. The number of carbonyl (C=O) groups excluding carboxylic acids is 1. The molecule has 0 unspecified atom stereocenters. The molecule has 3 aromatic rings. The summed E-state index contributed by atoms with van der Waals surface area (Å²) in [6.07, 6.45) is 5.39. The number of pyridine rings is 1. The Hall–Kier alpha value is -2.87. The number of halogens is 1. The molecule has 0 fully saturated rings. The predicted molar refractivity (Wildman–Crippen MR) is 116 cm³/mol. The molecule has 30 heavy (non-hydrogen) atoms. The van der Waals surface area contributed by atoms with E-state index in [0.717, 1.165) is 21.6 Å². The summed E-state index contributed by atoms with van der Waals surface area (Å²) in [6, 6.07) is 7.33. The minimum atomic E-state index is -0.222. The van der Waals surface area contributed by atoms with E-state index < -0.39 is 0 Å². The fraction of sp³-hybridized carbons (Fsp3) is 0.318. The van der Waals surface area contributed by atoms with Gasteiger partial charge >= 0.3 is 0 Å². The quantitative estimate of drug-likeness (QED) is 0.563. The molecule has 0 saturated heterocycles. The van der Waals surface area contributed by atoms with Crippen molar-refractivity contribution in [2.45, 2.75) is 26.4 Å². The Bertz CT molecular complexity index is 1080. The van der Waals surface area contributed by atoms with E-state index in [-0.39, 0.29) is 11.9 Å². The summed E-state index contributed by atoms with van der Waals surface area (Å²) in [5, 5.41) is 0. The topological polar surface area (TPSA) is 69.5 Å². The van der Waals surface area contributed by atoms with Crippen LogP contribution in [0.15, 0.2) is 47.3 Å². The van der Waals surface area contributed by atoms with Crippen LogP contribution < -0.4 is 9.47 Å². The maximum atomic E-state index is 13.5. The van der Waals surface area contributed by atoms with Gasteiger partial charge in [-0.25, -0.2) is 4.98 Å². The number of nitrogens with zero attached hydrogens (tertiary/aromatic N) is 4. The lowest BCUT2D eigenvalue weighted by molar-refractivity contribution is 0.0684. The van der Waals surface area contributed by atoms with Crippen molar-refractivity contribution in [1.82, 2.24) is 19.4 Å². The standard InChI is InChI=1S/C22H23BrN4O3/c1-14(20-12-17(29-3)4-5-25-20)27-8-9-30-21-18(22(27)28)10-16(11-19(21)23)13-26-7-6-24-15(26)2/h4-7,10-12,14H,8-9,13H2,1-3H3/t14-/m0/s1. The molecule has 0 radical (unpaired) electrons. The van der Waals surface area contributed by atoms with E-state index in [9.17, 15) is 4.79 Å². The number of aromatic nitrogens is 3. The van der Waals surface area contributed by atoms with Crippen LogP contribution in [0.4, 0.5) is 0 Å². The van der Waals surface area contributed by atoms with Crippen molar-refractivity contribution in [1.29, 1.82) is 0 Å². The summed E-state index contributed by atoms with van der Waals surface area (Å²) >= 11 is 3.59. The van der Waals surface area contributed by atoms with Crippen LogP contribution in [0, 0.1) is 6.92 Å². The van der Waals surface area contributed by atoms with Crippen molar-refractivity contribution in [2.24, 2.45) is 0 Å². The van der Waals surface area contributed by atoms with Crippen LogP contribution in [0.1, 0.15) is 40.4 Å². The van der Waals surface area contributed by atoms with Crippen molar-refractivity contribution in [3.63, 3.8) is 0 Å². The molecule has 0 spiro atoms. The number of hydrogen-bond donors (Lipinski definition) is 0. The summed E-state index contributed by atoms with van der Waals surface area (Å²) in [7, 11) is 1.62. The third kappa shape index (κ3) is 3.92. The van der Waals surface area contributed by atoms with Crippen molar-refractivity contribution >= 4 is 21.8 Å². The highest BCUT2D eigenvalue weighted by molar-refractivity contribution is 9.10. The molecule has 0 saturated carbocycles. The molecule has 1 aromatic carbocycles. The number of rotatable bonds is 5. The first-order valence-corrected chi connectivity index (χ1v) is 10.5. The molecule has 8 heteroatoms. The fourth-order valence-corrected chi connectivity index (χ4v) is 4.25. The van der Waals surface area contributed by atoms with Crippen molar-refractivity contribution in [3.05, 3.63) is 70.0 Å². The second-order valence-corrected chi connectivity index (χ2v) is 8.05. The zero-order chi connectivity index (χ0) is 21.3. The smallest absolute Gasteiger partial charge is 0.258 e. The zero-order valence-electron chi connectivity index (χ0n) is 17.1. The largest absolute Gasteiger partial charge is 0.497 e. The Labute approximate surface area is 183 Å². The molecule has 1 amide bonds. The van der Waals surface area contributed by atoms with Crippen LogP contribution in [-0.2, 0) is 6.54 Å². The highest BCUT2D eigenvalue weighted by Crippen LogP contribution is 2.35. The van der Waals surface area contributed by atoms with E-state index in [4.69, 9.17) is 9.47 Å². The van der Waals surface area contributed by atoms with Crippen molar-refractivity contribution < 1.29 is 14.3 Å². The van der Waals surface area contributed by atoms with E-state index >= 15 is 0 Å². The minimum absolute atomic E-state index is 0.0791. The minimum Gasteiger partial charge on any atom is -0.497 e. The van der Waals surface area contributed by atoms with Crippen molar-refractivity contribution in [2.75, 3.05) is 20.3 Å². The van der Waals surface area contributed by atoms with Gasteiger partial charge in [0.2, 0.25) is 0 Å². The second kappa shape index (κ2) is 8.47. The SMILES string of the molecule is COc1ccnc([C@H](C)N2CCOc3c(Br)cc(Cn4ccnc4C)cc3C2=O)c1. The van der Waals surface area contributed by atoms with Crippen LogP contribution in [0.2, 0.25) is 0 Å². The van der Waals surface area contributed by atoms with Gasteiger partial charge in [0, 0.05) is 31.2 Å². The first-order valence-electron chi connectivity index (χ1n) is 9.71. The van der Waals surface area contributed by atoms with Crippen LogP contribution >= 0.6 is 15.9 Å². The highest BCUT2D eigenvalue weighted by atomic mass is 79.9. The Morgan fingerprint density at radius 2 is 2.10 bits per heavy atom. The summed E-state index contributed by atoms with van der Waals surface area (Å²) in [5.41, 5.74) is 2.31. The molecule has 3 heterocycles. The first-order chi connectivity index (χ1) is 14.5. The number of amides is 1. The Morgan fingerprint density at radius 1 is 1.27 bits per heavy atom. The van der Waals surface area contributed by atoms with Gasteiger partial charge in [-0.3, -0.25) is 9.78 Å². The van der Waals surface area contributed by atoms with E-state index in [1.165, 1.54) is 0 Å². The van der Waals surface area contributed by atoms with Crippen LogP contribution in [0.25, 0.3) is 0 Å². The van der Waals surface area contributed by atoms with Gasteiger partial charge in [0.25, 0.3) is 5.91 Å². The van der Waals surface area contributed by atoms with Gasteiger partial charge in [0.1, 0.15) is 23.9 Å². The molecular formula is C22H23BrN4O3. The average molecular weight is 471 g/mol. The third-order valence-corrected chi connectivity index (χ3v) is 5.92. The lowest BCUT2D eigenvalue weighted by atomic mass is 10.1. The predicted octanol–water partition coefficient (Wildman–Crippen LogP) is 4.00. The lowest BCUT2D eigenvalue weighted by Gasteiger charge is -2.27. The number of aryl methyl sites for hydroxylation is 1. The molecule has 0 N–H and O–H groups in total. The van der Waals surface area contributed by atoms with Crippen LogP contribution in [-0.4, -0.2) is 45.6 Å². The van der Waals surface area contributed by atoms with Gasteiger partial charge < -0.3 is 18.9 Å². The van der Waals surface area contributed by atoms with Crippen molar-refractivity contribution in [3.8, 4) is 11.5 Å². The van der Waals surface area contributed by atoms with Crippen LogP contribution in [0.3, 0.4) is 0 Å². The third-order valence-electron chi connectivity index (χ3n) is 5.33. The average Bonchev–Trinajstić information content (AvgIpc) is 3.07. The summed E-state index contributed by atoms with van der Waals surface area (Å²) in [6.45, 7) is 5.43. The molecule has 0 bridgehead atoms. The molecule has 2 aromatic heterocycles. The van der Waals surface area contributed by atoms with Gasteiger partial charge in [0.05, 0.1) is 35.4 Å². The number of imidazole rings is 1. The van der Waals surface area contributed by atoms with Gasteiger partial charge in [-0.15, -0.1) is 0 Å². The number of fused-ring (bicyclic) bond motifs is 1. The molecule has 156 valence electrons. The molecular weight excluding hydrogens is 448 g/mol. The van der Waals surface area contributed by atoms with Gasteiger partial charge in [0.15, 0.2) is 0 Å². The maximum absolute atomic E-state index is 13.5. The Balaban J connectivity index is 1.67. The molecule has 1 aliphatic heterocycles. The van der Waals surface area contributed by atoms with Gasteiger partial charge in [-0.05, 0) is 53.5 Å². The molecule has 4 rings (SSSR count). The molecule has 1 atom stereocenters. The number of carbonyl (C=O) groups is 1. The van der Waals surface area contributed by atoms with Gasteiger partial charge in [-0.2, -0.15) is 0 Å². The van der Waals surface area contributed by atoms with E-state index in [2.05, 4.69) is 25.9 Å². The number of hydrogen-bond acceptors (Lipinski definition) is 5. The monoisotopic (exact) mass is 470 g/mol. The molecule has 1 aliphatic rings. The van der Waals surface area contributed by atoms with E-state index in [1.807, 2.05) is 42.8 Å². The summed E-state index contributed by atoms with van der Waals surface area (Å²) in [4.78, 5) is 24.0. The van der Waals surface area contributed by atoms with Gasteiger partial charge in [-0.1, -0.05) is 0 Å². The summed E-state index contributed by atoms with van der Waals surface area (Å²) < 4.78 is 14.1. The number of methoxy groups -OCH3 is 1. The second-order valence-electron chi connectivity index (χ2n) is 7.20. The normalized spacial score (nSPS) is 14.7. The first kappa shape index (κ1) is 20.4. The lowest BCUT2D eigenvalue weighted by Crippen LogP contribution is -2.35. The fourth-order valence-electron chi connectivity index (χ4n) is 3.63. The van der Waals surface area contributed by atoms with Crippen LogP contribution in [0.5, 0.6) is 11.5 Å². The number of ether oxygens (including phenoxy) is 2. The molecule has 7 nitrogen and oxygen atoms in total. The Morgan fingerprint density at radius 3 is 2.83 bits per heavy atom. The van der Waals surface area contributed by atoms with E-state index in [0.29, 0.717) is 36.8 Å². The van der Waals surface area contributed by atoms with E-state index in [1.54, 1.807) is 30.5 Å².